The topological polar surface area (TPSA) is 46.6 Å². The minimum atomic E-state index is -0.382. The second-order valence-electron chi connectivity index (χ2n) is 4.91. The molecule has 2 aromatic rings. The number of esters is 1. The molecule has 0 saturated carbocycles. The van der Waals surface area contributed by atoms with Crippen LogP contribution >= 0.6 is 0 Å². The number of amides is 1. The van der Waals surface area contributed by atoms with Crippen LogP contribution in [0.25, 0.3) is 10.8 Å². The summed E-state index contributed by atoms with van der Waals surface area (Å²) >= 11 is 0. The van der Waals surface area contributed by atoms with Gasteiger partial charge in [-0.25, -0.2) is 0 Å². The van der Waals surface area contributed by atoms with Crippen molar-refractivity contribution < 1.29 is 14.3 Å². The Kier molecular flexibility index (Phi) is 4.93. The Labute approximate surface area is 124 Å². The number of benzene rings is 2. The van der Waals surface area contributed by atoms with Gasteiger partial charge in [-0.15, -0.1) is 0 Å². The molecule has 0 N–H and O–H groups in total. The average molecular weight is 285 g/mol. The third kappa shape index (κ3) is 3.60. The molecule has 4 heteroatoms. The molecular formula is C17H19NO3. The van der Waals surface area contributed by atoms with Crippen LogP contribution in [0.3, 0.4) is 0 Å². The minimum Gasteiger partial charge on any atom is -0.464 e. The van der Waals surface area contributed by atoms with Crippen LogP contribution in [-0.2, 0) is 9.53 Å². The van der Waals surface area contributed by atoms with E-state index in [-0.39, 0.29) is 18.4 Å². The number of likely N-dealkylation sites (N-methyl/N-ethyl adjacent to an activating group) is 1. The van der Waals surface area contributed by atoms with E-state index in [4.69, 9.17) is 4.74 Å². The monoisotopic (exact) mass is 285 g/mol. The van der Waals surface area contributed by atoms with Gasteiger partial charge in [0.25, 0.3) is 5.91 Å². The van der Waals surface area contributed by atoms with Crippen molar-refractivity contribution >= 4 is 22.6 Å². The van der Waals surface area contributed by atoms with Crippen molar-refractivity contribution in [3.8, 4) is 0 Å². The summed E-state index contributed by atoms with van der Waals surface area (Å²) in [4.78, 5) is 25.5. The first-order chi connectivity index (χ1) is 10.1. The summed E-state index contributed by atoms with van der Waals surface area (Å²) in [5.41, 5.74) is 0.596. The summed E-state index contributed by atoms with van der Waals surface area (Å²) in [7, 11) is 1.61. The first-order valence-corrected chi connectivity index (χ1v) is 7.02. The van der Waals surface area contributed by atoms with E-state index in [2.05, 4.69) is 0 Å². The molecule has 0 bridgehead atoms. The van der Waals surface area contributed by atoms with E-state index in [0.717, 1.165) is 17.2 Å². The molecule has 0 saturated heterocycles. The van der Waals surface area contributed by atoms with Gasteiger partial charge in [0.05, 0.1) is 6.61 Å². The van der Waals surface area contributed by atoms with Crippen molar-refractivity contribution in [1.29, 1.82) is 0 Å². The summed E-state index contributed by atoms with van der Waals surface area (Å²) < 4.78 is 5.00. The van der Waals surface area contributed by atoms with Crippen molar-refractivity contribution in [2.45, 2.75) is 13.3 Å². The van der Waals surface area contributed by atoms with Gasteiger partial charge in [-0.2, -0.15) is 0 Å². The smallest absolute Gasteiger partial charge is 0.325 e. The lowest BCUT2D eigenvalue weighted by atomic mass is 10.0. The van der Waals surface area contributed by atoms with Crippen LogP contribution in [0.2, 0.25) is 0 Å². The Balaban J connectivity index is 2.16. The van der Waals surface area contributed by atoms with Crippen LogP contribution in [0.5, 0.6) is 0 Å². The first-order valence-electron chi connectivity index (χ1n) is 7.02. The molecule has 0 aliphatic rings. The van der Waals surface area contributed by atoms with Gasteiger partial charge < -0.3 is 9.64 Å². The number of ether oxygens (including phenoxy) is 1. The van der Waals surface area contributed by atoms with Crippen molar-refractivity contribution in [2.24, 2.45) is 0 Å². The largest absolute Gasteiger partial charge is 0.464 e. The van der Waals surface area contributed by atoms with Crippen LogP contribution in [0.4, 0.5) is 0 Å². The van der Waals surface area contributed by atoms with Gasteiger partial charge in [0.2, 0.25) is 0 Å². The number of nitrogens with zero attached hydrogens (tertiary/aromatic N) is 1. The highest BCUT2D eigenvalue weighted by Gasteiger charge is 2.17. The third-order valence-electron chi connectivity index (χ3n) is 3.20. The molecule has 2 rings (SSSR count). The highest BCUT2D eigenvalue weighted by atomic mass is 16.5. The maximum Gasteiger partial charge on any atom is 0.325 e. The molecule has 4 nitrogen and oxygen atoms in total. The quantitative estimate of drug-likeness (QED) is 0.794. The van der Waals surface area contributed by atoms with E-state index in [0.29, 0.717) is 12.2 Å². The van der Waals surface area contributed by atoms with Gasteiger partial charge in [-0.1, -0.05) is 43.3 Å². The second kappa shape index (κ2) is 6.88. The molecule has 1 amide bonds. The highest BCUT2D eigenvalue weighted by molar-refractivity contribution is 6.07. The maximum atomic E-state index is 12.5. The lowest BCUT2D eigenvalue weighted by molar-refractivity contribution is -0.144. The summed E-state index contributed by atoms with van der Waals surface area (Å²) in [6, 6.07) is 13.3. The van der Waals surface area contributed by atoms with E-state index in [1.165, 1.54) is 4.90 Å². The van der Waals surface area contributed by atoms with Gasteiger partial charge in [0, 0.05) is 12.6 Å². The van der Waals surface area contributed by atoms with E-state index < -0.39 is 0 Å². The summed E-state index contributed by atoms with van der Waals surface area (Å²) in [5, 5.41) is 1.89. The number of carbonyl (C=O) groups excluding carboxylic acids is 2. The molecule has 0 spiro atoms. The van der Waals surface area contributed by atoms with Gasteiger partial charge in [-0.05, 0) is 23.3 Å². The Morgan fingerprint density at radius 3 is 2.57 bits per heavy atom. The van der Waals surface area contributed by atoms with Gasteiger partial charge >= 0.3 is 5.97 Å². The van der Waals surface area contributed by atoms with Crippen molar-refractivity contribution in [3.05, 3.63) is 48.0 Å². The predicted molar refractivity (Wildman–Crippen MR) is 82.2 cm³/mol. The molecule has 110 valence electrons. The molecule has 0 aliphatic heterocycles. The molecular weight excluding hydrogens is 266 g/mol. The van der Waals surface area contributed by atoms with Crippen LogP contribution in [0, 0.1) is 0 Å². The SMILES string of the molecule is CCCOC(=O)CN(C)C(=O)c1cccc2ccccc12. The number of hydrogen-bond acceptors (Lipinski definition) is 3. The van der Waals surface area contributed by atoms with E-state index in [1.807, 2.05) is 43.3 Å². The number of carbonyl (C=O) groups is 2. The van der Waals surface area contributed by atoms with Gasteiger partial charge in [0.15, 0.2) is 0 Å². The predicted octanol–water partition coefficient (Wildman–Crippen LogP) is 2.87. The Bertz CT molecular complexity index is 646. The molecule has 0 fully saturated rings. The zero-order chi connectivity index (χ0) is 15.2. The van der Waals surface area contributed by atoms with Gasteiger partial charge in [0.1, 0.15) is 6.54 Å². The van der Waals surface area contributed by atoms with E-state index in [1.54, 1.807) is 13.1 Å². The van der Waals surface area contributed by atoms with Crippen molar-refractivity contribution in [2.75, 3.05) is 20.2 Å². The number of fused-ring (bicyclic) bond motifs is 1. The van der Waals surface area contributed by atoms with Crippen LogP contribution in [-0.4, -0.2) is 37.0 Å². The fraction of sp³-hybridized carbons (Fsp3) is 0.294. The van der Waals surface area contributed by atoms with E-state index >= 15 is 0 Å². The Morgan fingerprint density at radius 1 is 1.10 bits per heavy atom. The van der Waals surface area contributed by atoms with Gasteiger partial charge in [-0.3, -0.25) is 9.59 Å². The lowest BCUT2D eigenvalue weighted by Gasteiger charge is -2.17. The summed E-state index contributed by atoms with van der Waals surface area (Å²) in [6.45, 7) is 2.27. The minimum absolute atomic E-state index is 0.0396. The summed E-state index contributed by atoms with van der Waals surface area (Å²) in [6.07, 6.45) is 0.771. The molecule has 0 aliphatic carbocycles. The Morgan fingerprint density at radius 2 is 1.81 bits per heavy atom. The fourth-order valence-corrected chi connectivity index (χ4v) is 2.14. The third-order valence-corrected chi connectivity index (χ3v) is 3.20. The Hall–Kier alpha value is -2.36. The first kappa shape index (κ1) is 15.0. The molecule has 0 unspecified atom stereocenters. The molecule has 0 aromatic heterocycles. The molecule has 0 radical (unpaired) electrons. The van der Waals surface area contributed by atoms with E-state index in [9.17, 15) is 9.59 Å². The number of rotatable bonds is 5. The van der Waals surface area contributed by atoms with Crippen LogP contribution in [0.15, 0.2) is 42.5 Å². The van der Waals surface area contributed by atoms with Crippen LogP contribution < -0.4 is 0 Å². The fourth-order valence-electron chi connectivity index (χ4n) is 2.14. The molecule has 0 heterocycles. The number of hydrogen-bond donors (Lipinski definition) is 0. The normalized spacial score (nSPS) is 10.4. The van der Waals surface area contributed by atoms with Crippen LogP contribution in [0.1, 0.15) is 23.7 Å². The average Bonchev–Trinajstić information content (AvgIpc) is 2.51. The zero-order valence-corrected chi connectivity index (χ0v) is 12.3. The lowest BCUT2D eigenvalue weighted by Crippen LogP contribution is -2.33. The molecule has 0 atom stereocenters. The van der Waals surface area contributed by atoms with Crippen molar-refractivity contribution in [3.63, 3.8) is 0 Å². The molecule has 21 heavy (non-hydrogen) atoms. The maximum absolute atomic E-state index is 12.5. The highest BCUT2D eigenvalue weighted by Crippen LogP contribution is 2.19. The summed E-state index contributed by atoms with van der Waals surface area (Å²) in [5.74, 6) is -0.562. The molecule has 2 aromatic carbocycles. The zero-order valence-electron chi connectivity index (χ0n) is 12.3. The standard InChI is InChI=1S/C17H19NO3/c1-3-11-21-16(19)12-18(2)17(20)15-10-6-8-13-7-4-5-9-14(13)15/h4-10H,3,11-12H2,1-2H3. The second-order valence-corrected chi connectivity index (χ2v) is 4.91. The van der Waals surface area contributed by atoms with Crippen molar-refractivity contribution in [1.82, 2.24) is 4.90 Å².